The zero-order valence-electron chi connectivity index (χ0n) is 12.1. The van der Waals surface area contributed by atoms with Gasteiger partial charge < -0.3 is 10.7 Å². The molecule has 1 aromatic heterocycles. The molecule has 0 aliphatic heterocycles. The number of carbonyl (C=O) groups excluding carboxylic acids is 1. The molecule has 1 heterocycles. The summed E-state index contributed by atoms with van der Waals surface area (Å²) in [5, 5.41) is 3.01. The van der Waals surface area contributed by atoms with Crippen molar-refractivity contribution in [2.75, 3.05) is 12.0 Å². The molecule has 0 bridgehead atoms. The maximum Gasteiger partial charge on any atom is 0.252 e. The van der Waals surface area contributed by atoms with Gasteiger partial charge in [0.2, 0.25) is 0 Å². The Hall–Kier alpha value is -1.62. The number of hydrazine groups is 1. The van der Waals surface area contributed by atoms with Crippen LogP contribution in [-0.2, 0) is 0 Å². The molecule has 1 saturated carbocycles. The molecule has 5 heteroatoms. The summed E-state index contributed by atoms with van der Waals surface area (Å²) in [4.78, 5) is 16.0. The summed E-state index contributed by atoms with van der Waals surface area (Å²) in [7, 11) is 0. The predicted octanol–water partition coefficient (Wildman–Crippen LogP) is 2.31. The lowest BCUT2D eigenvalue weighted by atomic mass is 9.81. The van der Waals surface area contributed by atoms with Gasteiger partial charge in [-0.3, -0.25) is 4.79 Å². The average molecular weight is 276 g/mol. The Kier molecular flexibility index (Phi) is 5.35. The van der Waals surface area contributed by atoms with Gasteiger partial charge in [-0.25, -0.2) is 10.8 Å². The Morgan fingerprint density at radius 1 is 1.30 bits per heavy atom. The van der Waals surface area contributed by atoms with Crippen LogP contribution in [0.25, 0.3) is 0 Å². The molecule has 0 unspecified atom stereocenters. The van der Waals surface area contributed by atoms with Gasteiger partial charge in [0, 0.05) is 12.7 Å². The summed E-state index contributed by atoms with van der Waals surface area (Å²) >= 11 is 0. The number of amides is 1. The highest BCUT2D eigenvalue weighted by molar-refractivity contribution is 5.94. The summed E-state index contributed by atoms with van der Waals surface area (Å²) in [6.45, 7) is 3.03. The summed E-state index contributed by atoms with van der Waals surface area (Å²) < 4.78 is 0. The number of anilines is 1. The van der Waals surface area contributed by atoms with E-state index in [9.17, 15) is 4.79 Å². The molecule has 5 nitrogen and oxygen atoms in total. The molecule has 1 aliphatic rings. The average Bonchev–Trinajstić information content (AvgIpc) is 2.53. The van der Waals surface area contributed by atoms with Crippen LogP contribution >= 0.6 is 0 Å². The number of rotatable bonds is 5. The maximum atomic E-state index is 12.0. The van der Waals surface area contributed by atoms with Gasteiger partial charge in [-0.15, -0.1) is 0 Å². The number of nitrogen functional groups attached to an aromatic ring is 1. The molecule has 1 aliphatic carbocycles. The molecule has 20 heavy (non-hydrogen) atoms. The van der Waals surface area contributed by atoms with Gasteiger partial charge in [-0.05, 0) is 36.8 Å². The molecule has 0 radical (unpaired) electrons. The highest BCUT2D eigenvalue weighted by Gasteiger charge is 2.20. The first-order valence-electron chi connectivity index (χ1n) is 7.43. The minimum absolute atomic E-state index is 0.0568. The monoisotopic (exact) mass is 276 g/mol. The molecule has 2 rings (SSSR count). The summed E-state index contributed by atoms with van der Waals surface area (Å²) in [6, 6.07) is 3.42. The van der Waals surface area contributed by atoms with Crippen LogP contribution in [0.2, 0.25) is 0 Å². The third-order valence-electron chi connectivity index (χ3n) is 4.27. The second-order valence-electron chi connectivity index (χ2n) is 5.58. The predicted molar refractivity (Wildman–Crippen MR) is 80.1 cm³/mol. The van der Waals surface area contributed by atoms with E-state index in [2.05, 4.69) is 22.7 Å². The van der Waals surface area contributed by atoms with Crippen molar-refractivity contribution in [3.05, 3.63) is 23.9 Å². The van der Waals surface area contributed by atoms with E-state index < -0.39 is 0 Å². The van der Waals surface area contributed by atoms with Crippen LogP contribution in [0.15, 0.2) is 18.3 Å². The van der Waals surface area contributed by atoms with E-state index in [1.807, 2.05) is 0 Å². The zero-order valence-corrected chi connectivity index (χ0v) is 12.1. The molecule has 0 atom stereocenters. The number of carbonyl (C=O) groups is 1. The van der Waals surface area contributed by atoms with Crippen molar-refractivity contribution in [2.24, 2.45) is 17.7 Å². The van der Waals surface area contributed by atoms with Crippen LogP contribution in [0.1, 0.15) is 49.4 Å². The Balaban J connectivity index is 1.77. The molecular weight excluding hydrogens is 252 g/mol. The molecule has 0 saturated heterocycles. The number of pyridine rings is 1. The lowest BCUT2D eigenvalue weighted by Gasteiger charge is -2.27. The third kappa shape index (κ3) is 3.93. The van der Waals surface area contributed by atoms with Crippen molar-refractivity contribution in [1.82, 2.24) is 10.3 Å². The van der Waals surface area contributed by atoms with Crippen LogP contribution in [0, 0.1) is 11.8 Å². The summed E-state index contributed by atoms with van der Waals surface area (Å²) in [5.74, 6) is 7.26. The van der Waals surface area contributed by atoms with Crippen molar-refractivity contribution in [3.63, 3.8) is 0 Å². The highest BCUT2D eigenvalue weighted by Crippen LogP contribution is 2.30. The standard InChI is InChI=1S/C15H24N4O/c1-2-11-3-5-12(6-4-11)9-18-15(20)13-7-8-14(19-16)17-10-13/h7-8,10-12H,2-6,9,16H2,1H3,(H,17,19)(H,18,20). The van der Waals surface area contributed by atoms with Crippen molar-refractivity contribution in [2.45, 2.75) is 39.0 Å². The smallest absolute Gasteiger partial charge is 0.252 e. The van der Waals surface area contributed by atoms with Gasteiger partial charge in [0.1, 0.15) is 5.82 Å². The Morgan fingerprint density at radius 3 is 2.55 bits per heavy atom. The number of nitrogens with zero attached hydrogens (tertiary/aromatic N) is 1. The second-order valence-corrected chi connectivity index (χ2v) is 5.58. The number of hydrogen-bond acceptors (Lipinski definition) is 4. The molecule has 110 valence electrons. The van der Waals surface area contributed by atoms with Crippen LogP contribution in [0.5, 0.6) is 0 Å². The van der Waals surface area contributed by atoms with Gasteiger partial charge in [0.15, 0.2) is 0 Å². The zero-order chi connectivity index (χ0) is 14.4. The normalized spacial score (nSPS) is 22.3. The van der Waals surface area contributed by atoms with Gasteiger partial charge in [0.25, 0.3) is 5.91 Å². The molecule has 1 amide bonds. The third-order valence-corrected chi connectivity index (χ3v) is 4.27. The van der Waals surface area contributed by atoms with E-state index in [1.165, 1.54) is 32.1 Å². The van der Waals surface area contributed by atoms with Crippen molar-refractivity contribution in [1.29, 1.82) is 0 Å². The van der Waals surface area contributed by atoms with E-state index >= 15 is 0 Å². The Bertz CT molecular complexity index is 424. The van der Waals surface area contributed by atoms with E-state index in [1.54, 1.807) is 18.3 Å². The maximum absolute atomic E-state index is 12.0. The minimum atomic E-state index is -0.0568. The quantitative estimate of drug-likeness (QED) is 0.569. The fourth-order valence-corrected chi connectivity index (χ4v) is 2.80. The minimum Gasteiger partial charge on any atom is -0.352 e. The van der Waals surface area contributed by atoms with Crippen molar-refractivity contribution in [3.8, 4) is 0 Å². The van der Waals surface area contributed by atoms with Crippen LogP contribution in [-0.4, -0.2) is 17.4 Å². The molecule has 1 aromatic rings. The van der Waals surface area contributed by atoms with Gasteiger partial charge >= 0.3 is 0 Å². The summed E-state index contributed by atoms with van der Waals surface area (Å²) in [6.07, 6.45) is 7.88. The molecule has 0 aromatic carbocycles. The van der Waals surface area contributed by atoms with Crippen molar-refractivity contribution < 1.29 is 4.79 Å². The van der Waals surface area contributed by atoms with Crippen LogP contribution < -0.4 is 16.6 Å². The topological polar surface area (TPSA) is 80.0 Å². The summed E-state index contributed by atoms with van der Waals surface area (Å²) in [5.41, 5.74) is 3.02. The first kappa shape index (κ1) is 14.8. The molecule has 4 N–H and O–H groups in total. The lowest BCUT2D eigenvalue weighted by Crippen LogP contribution is -2.31. The number of nitrogens with one attached hydrogen (secondary N) is 2. The molecule has 0 spiro atoms. The largest absolute Gasteiger partial charge is 0.352 e. The number of nitrogens with two attached hydrogens (primary N) is 1. The van der Waals surface area contributed by atoms with E-state index in [-0.39, 0.29) is 5.91 Å². The fourth-order valence-electron chi connectivity index (χ4n) is 2.80. The Labute approximate surface area is 120 Å². The number of aromatic nitrogens is 1. The molecule has 1 fully saturated rings. The van der Waals surface area contributed by atoms with Gasteiger partial charge in [0.05, 0.1) is 5.56 Å². The van der Waals surface area contributed by atoms with Crippen LogP contribution in [0.4, 0.5) is 5.82 Å². The SMILES string of the molecule is CCC1CCC(CNC(=O)c2ccc(NN)nc2)CC1. The first-order valence-corrected chi connectivity index (χ1v) is 7.43. The second kappa shape index (κ2) is 7.24. The number of hydrogen-bond donors (Lipinski definition) is 3. The van der Waals surface area contributed by atoms with Crippen molar-refractivity contribution >= 4 is 11.7 Å². The van der Waals surface area contributed by atoms with Crippen LogP contribution in [0.3, 0.4) is 0 Å². The van der Waals surface area contributed by atoms with E-state index in [0.717, 1.165) is 12.5 Å². The van der Waals surface area contributed by atoms with Gasteiger partial charge in [-0.2, -0.15) is 0 Å². The lowest BCUT2D eigenvalue weighted by molar-refractivity contribution is 0.0941. The first-order chi connectivity index (χ1) is 9.72. The fraction of sp³-hybridized carbons (Fsp3) is 0.600. The Morgan fingerprint density at radius 2 is 2.00 bits per heavy atom. The van der Waals surface area contributed by atoms with Gasteiger partial charge in [-0.1, -0.05) is 26.2 Å². The van der Waals surface area contributed by atoms with E-state index in [0.29, 0.717) is 17.3 Å². The molecular formula is C15H24N4O. The highest BCUT2D eigenvalue weighted by atomic mass is 16.1. The van der Waals surface area contributed by atoms with E-state index in [4.69, 9.17) is 5.84 Å².